The molecule has 0 aliphatic rings. The number of hydrogen-bond donors (Lipinski definition) is 0. The minimum absolute atomic E-state index is 0.189. The van der Waals surface area contributed by atoms with Gasteiger partial charge >= 0.3 is 0 Å². The maximum absolute atomic E-state index is 12.2. The highest BCUT2D eigenvalue weighted by atomic mass is 32.2. The van der Waals surface area contributed by atoms with E-state index in [-0.39, 0.29) is 5.43 Å². The molecule has 0 amide bonds. The molecule has 0 saturated heterocycles. The highest BCUT2D eigenvalue weighted by Crippen LogP contribution is 2.29. The van der Waals surface area contributed by atoms with E-state index in [0.717, 1.165) is 27.2 Å². The minimum atomic E-state index is 0.189. The smallest absolute Gasteiger partial charge is 0.204 e. The fraction of sp³-hybridized carbons (Fsp3) is 0.417. The zero-order valence-corrected chi connectivity index (χ0v) is 11.6. The van der Waals surface area contributed by atoms with Gasteiger partial charge < -0.3 is 4.57 Å². The van der Waals surface area contributed by atoms with Crippen molar-refractivity contribution >= 4 is 33.3 Å². The predicted octanol–water partition coefficient (Wildman–Crippen LogP) is 3.42. The van der Waals surface area contributed by atoms with Crippen molar-refractivity contribution in [2.75, 3.05) is 6.26 Å². The van der Waals surface area contributed by atoms with Gasteiger partial charge in [-0.15, -0.1) is 23.1 Å². The number of thiophene rings is 1. The average molecular weight is 253 g/mol. The lowest BCUT2D eigenvalue weighted by atomic mass is 10.2. The summed E-state index contributed by atoms with van der Waals surface area (Å²) >= 11 is 3.25. The van der Waals surface area contributed by atoms with Crippen LogP contribution in [0.4, 0.5) is 0 Å². The standard InChI is InChI=1S/C12H15NOS2/c1-5-13-6-9(15-4)11(14)10-7(2)8(3)16-12(10)13/h6H,5H2,1-4H3. The van der Waals surface area contributed by atoms with Gasteiger partial charge in [0.2, 0.25) is 5.43 Å². The van der Waals surface area contributed by atoms with Crippen molar-refractivity contribution in [3.05, 3.63) is 26.9 Å². The number of thioether (sulfide) groups is 1. The quantitative estimate of drug-likeness (QED) is 0.765. The summed E-state index contributed by atoms with van der Waals surface area (Å²) in [5.41, 5.74) is 1.33. The molecule has 2 aromatic rings. The number of pyridine rings is 1. The molecule has 2 aromatic heterocycles. The second-order valence-corrected chi connectivity index (χ2v) is 5.83. The molecule has 0 N–H and O–H groups in total. The number of hydrogen-bond acceptors (Lipinski definition) is 3. The molecule has 0 saturated carbocycles. The van der Waals surface area contributed by atoms with Gasteiger partial charge in [0.05, 0.1) is 10.3 Å². The Hall–Kier alpha value is -0.740. The number of aryl methyl sites for hydroxylation is 3. The third-order valence-electron chi connectivity index (χ3n) is 2.91. The van der Waals surface area contributed by atoms with Crippen LogP contribution in [0.25, 0.3) is 10.2 Å². The predicted molar refractivity (Wildman–Crippen MR) is 73.0 cm³/mol. The van der Waals surface area contributed by atoms with Gasteiger partial charge in [-0.1, -0.05) is 0 Å². The molecule has 0 atom stereocenters. The van der Waals surface area contributed by atoms with Gasteiger partial charge in [-0.2, -0.15) is 0 Å². The normalized spacial score (nSPS) is 11.2. The van der Waals surface area contributed by atoms with Crippen LogP contribution in [0.1, 0.15) is 17.4 Å². The molecule has 0 radical (unpaired) electrons. The van der Waals surface area contributed by atoms with E-state index in [1.165, 1.54) is 16.6 Å². The summed E-state index contributed by atoms with van der Waals surface area (Å²) in [5.74, 6) is 0. The molecule has 0 unspecified atom stereocenters. The highest BCUT2D eigenvalue weighted by molar-refractivity contribution is 7.98. The summed E-state index contributed by atoms with van der Waals surface area (Å²) in [4.78, 5) is 15.4. The van der Waals surface area contributed by atoms with Crippen LogP contribution < -0.4 is 5.43 Å². The molecule has 0 fully saturated rings. The van der Waals surface area contributed by atoms with Gasteiger partial charge in [0.1, 0.15) is 4.83 Å². The van der Waals surface area contributed by atoms with Crippen LogP contribution in [0.5, 0.6) is 0 Å². The number of nitrogens with zero attached hydrogens (tertiary/aromatic N) is 1. The molecule has 2 heterocycles. The van der Waals surface area contributed by atoms with E-state index in [4.69, 9.17) is 0 Å². The molecule has 16 heavy (non-hydrogen) atoms. The Morgan fingerprint density at radius 2 is 2.12 bits per heavy atom. The summed E-state index contributed by atoms with van der Waals surface area (Å²) in [6.07, 6.45) is 3.93. The fourth-order valence-electron chi connectivity index (χ4n) is 1.84. The van der Waals surface area contributed by atoms with Crippen molar-refractivity contribution in [2.45, 2.75) is 32.2 Å². The Kier molecular flexibility index (Phi) is 3.13. The van der Waals surface area contributed by atoms with Crippen LogP contribution in [0.15, 0.2) is 15.9 Å². The first-order chi connectivity index (χ1) is 7.60. The number of fused-ring (bicyclic) bond motifs is 1. The van der Waals surface area contributed by atoms with Crippen molar-refractivity contribution in [2.24, 2.45) is 0 Å². The molecule has 2 nitrogen and oxygen atoms in total. The summed E-state index contributed by atoms with van der Waals surface area (Å²) in [6, 6.07) is 0. The largest absolute Gasteiger partial charge is 0.338 e. The van der Waals surface area contributed by atoms with Crippen LogP contribution in [-0.2, 0) is 6.54 Å². The van der Waals surface area contributed by atoms with E-state index in [2.05, 4.69) is 18.4 Å². The van der Waals surface area contributed by atoms with Crippen molar-refractivity contribution in [1.29, 1.82) is 0 Å². The monoisotopic (exact) mass is 253 g/mol. The highest BCUT2D eigenvalue weighted by Gasteiger charge is 2.14. The second-order valence-electron chi connectivity index (χ2n) is 3.78. The van der Waals surface area contributed by atoms with Crippen LogP contribution in [0.3, 0.4) is 0 Å². The molecule has 4 heteroatoms. The van der Waals surface area contributed by atoms with E-state index in [0.29, 0.717) is 0 Å². The van der Waals surface area contributed by atoms with Gasteiger partial charge in [-0.05, 0) is 32.6 Å². The molecule has 0 bridgehead atoms. The van der Waals surface area contributed by atoms with Gasteiger partial charge in [0.15, 0.2) is 0 Å². The molecule has 86 valence electrons. The maximum Gasteiger partial charge on any atom is 0.204 e. The molecule has 0 aliphatic carbocycles. The van der Waals surface area contributed by atoms with Crippen molar-refractivity contribution in [1.82, 2.24) is 4.57 Å². The SMILES string of the molecule is CCn1cc(SC)c(=O)c2c(C)c(C)sc21. The Morgan fingerprint density at radius 1 is 1.44 bits per heavy atom. The Morgan fingerprint density at radius 3 is 2.69 bits per heavy atom. The number of rotatable bonds is 2. The van der Waals surface area contributed by atoms with Crippen molar-refractivity contribution in [3.63, 3.8) is 0 Å². The lowest BCUT2D eigenvalue weighted by molar-refractivity contribution is 0.780. The first kappa shape index (κ1) is 11.7. The minimum Gasteiger partial charge on any atom is -0.338 e. The Bertz CT molecular complexity index is 595. The van der Waals surface area contributed by atoms with Gasteiger partial charge in [-0.3, -0.25) is 4.79 Å². The zero-order chi connectivity index (χ0) is 11.9. The summed E-state index contributed by atoms with van der Waals surface area (Å²) in [6.45, 7) is 7.14. The first-order valence-electron chi connectivity index (χ1n) is 5.27. The topological polar surface area (TPSA) is 22.0 Å². The van der Waals surface area contributed by atoms with E-state index in [9.17, 15) is 4.79 Å². The van der Waals surface area contributed by atoms with Crippen molar-refractivity contribution < 1.29 is 0 Å². The molecular formula is C12H15NOS2. The molecule has 0 aromatic carbocycles. The van der Waals surface area contributed by atoms with E-state index < -0.39 is 0 Å². The van der Waals surface area contributed by atoms with Crippen LogP contribution in [0.2, 0.25) is 0 Å². The van der Waals surface area contributed by atoms with E-state index in [1.54, 1.807) is 11.3 Å². The third-order valence-corrected chi connectivity index (χ3v) is 4.89. The van der Waals surface area contributed by atoms with E-state index in [1.807, 2.05) is 19.4 Å². The van der Waals surface area contributed by atoms with E-state index >= 15 is 0 Å². The van der Waals surface area contributed by atoms with Crippen molar-refractivity contribution in [3.8, 4) is 0 Å². The second kappa shape index (κ2) is 4.26. The lowest BCUT2D eigenvalue weighted by Crippen LogP contribution is -2.09. The molecule has 0 spiro atoms. The molecule has 2 rings (SSSR count). The fourth-order valence-corrected chi connectivity index (χ4v) is 3.55. The third kappa shape index (κ3) is 1.60. The van der Waals surface area contributed by atoms with Gasteiger partial charge in [0.25, 0.3) is 0 Å². The molecular weight excluding hydrogens is 238 g/mol. The Balaban J connectivity index is 2.97. The maximum atomic E-state index is 12.2. The Labute approximate surface area is 103 Å². The molecule has 0 aliphatic heterocycles. The summed E-state index contributed by atoms with van der Waals surface area (Å²) in [5, 5.41) is 0.913. The average Bonchev–Trinajstić information content (AvgIpc) is 2.57. The first-order valence-corrected chi connectivity index (χ1v) is 7.31. The summed E-state index contributed by atoms with van der Waals surface area (Å²) in [7, 11) is 0. The lowest BCUT2D eigenvalue weighted by Gasteiger charge is -2.07. The van der Waals surface area contributed by atoms with Crippen LogP contribution in [0, 0.1) is 13.8 Å². The zero-order valence-electron chi connectivity index (χ0n) is 9.96. The van der Waals surface area contributed by atoms with Gasteiger partial charge in [-0.25, -0.2) is 0 Å². The van der Waals surface area contributed by atoms with Gasteiger partial charge in [0, 0.05) is 17.6 Å². The van der Waals surface area contributed by atoms with Crippen LogP contribution >= 0.6 is 23.1 Å². The number of aromatic nitrogens is 1. The van der Waals surface area contributed by atoms with Crippen LogP contribution in [-0.4, -0.2) is 10.8 Å². The summed E-state index contributed by atoms with van der Waals surface area (Å²) < 4.78 is 2.17.